The molecule has 0 aliphatic carbocycles. The Balaban J connectivity index is 1.83. The summed E-state index contributed by atoms with van der Waals surface area (Å²) in [5.74, 6) is 0. The van der Waals surface area contributed by atoms with Gasteiger partial charge in [-0.2, -0.15) is 0 Å². The van der Waals surface area contributed by atoms with Crippen LogP contribution in [0, 0.1) is 0 Å². The monoisotopic (exact) mass is 290 g/mol. The van der Waals surface area contributed by atoms with Crippen molar-refractivity contribution in [2.45, 2.75) is 26.4 Å². The van der Waals surface area contributed by atoms with Gasteiger partial charge >= 0.3 is 6.03 Å². The number of amides is 2. The van der Waals surface area contributed by atoms with Crippen LogP contribution < -0.4 is 10.6 Å². The van der Waals surface area contributed by atoms with E-state index in [1.165, 1.54) is 5.56 Å². The largest absolute Gasteiger partial charge is 0.336 e. The van der Waals surface area contributed by atoms with E-state index in [9.17, 15) is 4.79 Å². The molecule has 0 aromatic heterocycles. The maximum absolute atomic E-state index is 11.6. The molecule has 1 aromatic rings. The Morgan fingerprint density at radius 3 is 2.33 bits per heavy atom. The first kappa shape index (κ1) is 15.8. The standard InChI is InChI=1S/C16H26N4O/c1-13(2)17-16(21)18-15-6-4-14(5-7-15)12-20-10-8-19(3)9-11-20/h4-7,13H,8-12H2,1-3H3,(H2,17,18,21). The van der Waals surface area contributed by atoms with Crippen molar-refractivity contribution in [2.75, 3.05) is 38.5 Å². The molecule has 1 fully saturated rings. The quantitative estimate of drug-likeness (QED) is 0.891. The smallest absolute Gasteiger partial charge is 0.319 e. The molecule has 2 N–H and O–H groups in total. The second-order valence-electron chi connectivity index (χ2n) is 6.03. The van der Waals surface area contributed by atoms with Crippen molar-refractivity contribution in [2.24, 2.45) is 0 Å². The van der Waals surface area contributed by atoms with Gasteiger partial charge in [-0.25, -0.2) is 4.79 Å². The van der Waals surface area contributed by atoms with E-state index >= 15 is 0 Å². The number of likely N-dealkylation sites (N-methyl/N-ethyl adjacent to an activating group) is 1. The van der Waals surface area contributed by atoms with E-state index < -0.39 is 0 Å². The lowest BCUT2D eigenvalue weighted by Gasteiger charge is -2.32. The Hall–Kier alpha value is -1.59. The van der Waals surface area contributed by atoms with Gasteiger partial charge in [-0.1, -0.05) is 12.1 Å². The molecule has 0 unspecified atom stereocenters. The molecule has 1 aromatic carbocycles. The van der Waals surface area contributed by atoms with Crippen LogP contribution in [0.3, 0.4) is 0 Å². The van der Waals surface area contributed by atoms with Crippen molar-refractivity contribution in [1.82, 2.24) is 15.1 Å². The lowest BCUT2D eigenvalue weighted by Crippen LogP contribution is -2.43. The van der Waals surface area contributed by atoms with Crippen molar-refractivity contribution in [3.05, 3.63) is 29.8 Å². The number of hydrogen-bond acceptors (Lipinski definition) is 3. The molecule has 0 spiro atoms. The van der Waals surface area contributed by atoms with E-state index in [4.69, 9.17) is 0 Å². The number of carbonyl (C=O) groups excluding carboxylic acids is 1. The van der Waals surface area contributed by atoms with Crippen LogP contribution in [0.15, 0.2) is 24.3 Å². The van der Waals surface area contributed by atoms with E-state index in [2.05, 4.69) is 39.6 Å². The number of urea groups is 1. The summed E-state index contributed by atoms with van der Waals surface area (Å²) >= 11 is 0. The van der Waals surface area contributed by atoms with Gasteiger partial charge in [0.25, 0.3) is 0 Å². The highest BCUT2D eigenvalue weighted by Gasteiger charge is 2.13. The van der Waals surface area contributed by atoms with Gasteiger partial charge in [-0.15, -0.1) is 0 Å². The summed E-state index contributed by atoms with van der Waals surface area (Å²) in [4.78, 5) is 16.4. The Morgan fingerprint density at radius 2 is 1.76 bits per heavy atom. The third-order valence-electron chi connectivity index (χ3n) is 3.63. The summed E-state index contributed by atoms with van der Waals surface area (Å²) < 4.78 is 0. The fourth-order valence-electron chi connectivity index (χ4n) is 2.39. The highest BCUT2D eigenvalue weighted by molar-refractivity contribution is 5.89. The molecule has 5 nitrogen and oxygen atoms in total. The van der Waals surface area contributed by atoms with Crippen molar-refractivity contribution in [3.63, 3.8) is 0 Å². The van der Waals surface area contributed by atoms with Crippen LogP contribution in [-0.4, -0.2) is 55.1 Å². The Bertz CT molecular complexity index is 450. The predicted octanol–water partition coefficient (Wildman–Crippen LogP) is 1.96. The number of benzene rings is 1. The zero-order valence-electron chi connectivity index (χ0n) is 13.2. The Labute approximate surface area is 127 Å². The van der Waals surface area contributed by atoms with Gasteiger partial charge in [-0.05, 0) is 38.6 Å². The summed E-state index contributed by atoms with van der Waals surface area (Å²) in [5, 5.41) is 5.65. The first-order valence-electron chi connectivity index (χ1n) is 7.60. The van der Waals surface area contributed by atoms with Crippen molar-refractivity contribution < 1.29 is 4.79 Å². The molecule has 0 atom stereocenters. The molecule has 0 bridgehead atoms. The van der Waals surface area contributed by atoms with Gasteiger partial charge in [-0.3, -0.25) is 4.90 Å². The summed E-state index contributed by atoms with van der Waals surface area (Å²) in [5.41, 5.74) is 2.12. The third-order valence-corrected chi connectivity index (χ3v) is 3.63. The third kappa shape index (κ3) is 5.36. The van der Waals surface area contributed by atoms with Crippen molar-refractivity contribution >= 4 is 11.7 Å². The van der Waals surface area contributed by atoms with E-state index in [0.717, 1.165) is 38.4 Å². The first-order chi connectivity index (χ1) is 10.0. The SMILES string of the molecule is CC(C)NC(=O)Nc1ccc(CN2CCN(C)CC2)cc1. The molecule has 1 aliphatic heterocycles. The summed E-state index contributed by atoms with van der Waals surface area (Å²) in [6.45, 7) is 9.37. The van der Waals surface area contributed by atoms with Gasteiger partial charge in [0.05, 0.1) is 0 Å². The summed E-state index contributed by atoms with van der Waals surface area (Å²) in [6.07, 6.45) is 0. The van der Waals surface area contributed by atoms with Crippen molar-refractivity contribution in [1.29, 1.82) is 0 Å². The maximum atomic E-state index is 11.6. The minimum absolute atomic E-state index is 0.140. The Kier molecular flexibility index (Phi) is 5.59. The fourth-order valence-corrected chi connectivity index (χ4v) is 2.39. The van der Waals surface area contributed by atoms with E-state index in [1.807, 2.05) is 26.0 Å². The summed E-state index contributed by atoms with van der Waals surface area (Å²) in [7, 11) is 2.17. The molecule has 21 heavy (non-hydrogen) atoms. The number of piperazine rings is 1. The van der Waals surface area contributed by atoms with E-state index in [-0.39, 0.29) is 12.1 Å². The minimum Gasteiger partial charge on any atom is -0.336 e. The molecule has 1 aliphatic rings. The van der Waals surface area contributed by atoms with Crippen LogP contribution in [-0.2, 0) is 6.54 Å². The number of rotatable bonds is 4. The van der Waals surface area contributed by atoms with Gasteiger partial charge in [0.15, 0.2) is 0 Å². The molecule has 0 saturated carbocycles. The van der Waals surface area contributed by atoms with Gasteiger partial charge in [0.2, 0.25) is 0 Å². The van der Waals surface area contributed by atoms with E-state index in [1.54, 1.807) is 0 Å². The van der Waals surface area contributed by atoms with Crippen LogP contribution in [0.5, 0.6) is 0 Å². The van der Waals surface area contributed by atoms with Crippen molar-refractivity contribution in [3.8, 4) is 0 Å². The molecule has 5 heteroatoms. The van der Waals surface area contributed by atoms with Crippen LogP contribution in [0.4, 0.5) is 10.5 Å². The predicted molar refractivity (Wildman–Crippen MR) is 86.5 cm³/mol. The zero-order chi connectivity index (χ0) is 15.2. The molecule has 2 amide bonds. The molecular formula is C16H26N4O. The molecule has 1 saturated heterocycles. The second kappa shape index (κ2) is 7.43. The van der Waals surface area contributed by atoms with Crippen LogP contribution >= 0.6 is 0 Å². The van der Waals surface area contributed by atoms with Crippen LogP contribution in [0.2, 0.25) is 0 Å². The van der Waals surface area contributed by atoms with Crippen LogP contribution in [0.25, 0.3) is 0 Å². The number of anilines is 1. The maximum Gasteiger partial charge on any atom is 0.319 e. The molecule has 0 radical (unpaired) electrons. The van der Waals surface area contributed by atoms with Crippen LogP contribution in [0.1, 0.15) is 19.4 Å². The fraction of sp³-hybridized carbons (Fsp3) is 0.562. The lowest BCUT2D eigenvalue weighted by atomic mass is 10.2. The van der Waals surface area contributed by atoms with Gasteiger partial charge in [0, 0.05) is 44.5 Å². The highest BCUT2D eigenvalue weighted by Crippen LogP contribution is 2.12. The number of carbonyl (C=O) groups is 1. The highest BCUT2D eigenvalue weighted by atomic mass is 16.2. The minimum atomic E-state index is -0.156. The first-order valence-corrected chi connectivity index (χ1v) is 7.60. The molecular weight excluding hydrogens is 264 g/mol. The number of nitrogens with zero attached hydrogens (tertiary/aromatic N) is 2. The molecule has 2 rings (SSSR count). The molecule has 116 valence electrons. The van der Waals surface area contributed by atoms with Gasteiger partial charge in [0.1, 0.15) is 0 Å². The average Bonchev–Trinajstić information content (AvgIpc) is 2.42. The van der Waals surface area contributed by atoms with Gasteiger partial charge < -0.3 is 15.5 Å². The molecule has 1 heterocycles. The number of nitrogens with one attached hydrogen (secondary N) is 2. The average molecular weight is 290 g/mol. The normalized spacial score (nSPS) is 17.0. The summed E-state index contributed by atoms with van der Waals surface area (Å²) in [6, 6.07) is 8.08. The zero-order valence-corrected chi connectivity index (χ0v) is 13.2. The van der Waals surface area contributed by atoms with E-state index in [0.29, 0.717) is 0 Å². The lowest BCUT2D eigenvalue weighted by molar-refractivity contribution is 0.148. The second-order valence-corrected chi connectivity index (χ2v) is 6.03. The topological polar surface area (TPSA) is 47.6 Å². The number of hydrogen-bond donors (Lipinski definition) is 2. The Morgan fingerprint density at radius 1 is 1.14 bits per heavy atom.